The van der Waals surface area contributed by atoms with Crippen molar-refractivity contribution in [1.29, 1.82) is 0 Å². The van der Waals surface area contributed by atoms with Crippen LogP contribution in [-0.4, -0.2) is 37.6 Å². The summed E-state index contributed by atoms with van der Waals surface area (Å²) in [5, 5.41) is 12.4. The molecule has 0 amide bonds. The van der Waals surface area contributed by atoms with Gasteiger partial charge in [0.2, 0.25) is 0 Å². The van der Waals surface area contributed by atoms with E-state index in [0.717, 1.165) is 0 Å². The van der Waals surface area contributed by atoms with E-state index in [-0.39, 0.29) is 34.6 Å². The number of allylic oxidation sites excluding steroid dienone is 3. The summed E-state index contributed by atoms with van der Waals surface area (Å²) in [6.07, 6.45) is -0.947. The molecule has 1 aliphatic rings. The zero-order valence-corrected chi connectivity index (χ0v) is 16.5. The van der Waals surface area contributed by atoms with Gasteiger partial charge in [-0.25, -0.2) is 9.59 Å². The minimum atomic E-state index is -0.947. The van der Waals surface area contributed by atoms with Crippen LogP contribution in [0.1, 0.15) is 25.3 Å². The maximum absolute atomic E-state index is 12.7. The van der Waals surface area contributed by atoms with Gasteiger partial charge in [0.05, 0.1) is 40.9 Å². The number of methoxy groups -OCH3 is 1. The normalized spacial score (nSPS) is 16.7. The van der Waals surface area contributed by atoms with Crippen molar-refractivity contribution in [2.24, 2.45) is 0 Å². The molecule has 0 saturated heterocycles. The average molecular weight is 416 g/mol. The Hall–Kier alpha value is -2.22. The molecule has 0 radical (unpaired) electrons. The lowest BCUT2D eigenvalue weighted by atomic mass is 9.85. The van der Waals surface area contributed by atoms with Crippen LogP contribution in [0.3, 0.4) is 0 Å². The van der Waals surface area contributed by atoms with E-state index in [2.05, 4.69) is 10.1 Å². The van der Waals surface area contributed by atoms with Crippen molar-refractivity contribution in [3.63, 3.8) is 0 Å². The summed E-state index contributed by atoms with van der Waals surface area (Å²) >= 11 is 12.5. The van der Waals surface area contributed by atoms with Gasteiger partial charge >= 0.3 is 12.1 Å². The average Bonchev–Trinajstić information content (AvgIpc) is 2.63. The fourth-order valence-corrected chi connectivity index (χ4v) is 3.19. The summed E-state index contributed by atoms with van der Waals surface area (Å²) in [6, 6.07) is 4.94. The van der Waals surface area contributed by atoms with Gasteiger partial charge in [-0.3, -0.25) is 0 Å². The highest BCUT2D eigenvalue weighted by molar-refractivity contribution is 6.42. The van der Waals surface area contributed by atoms with Crippen LogP contribution in [0.15, 0.2) is 40.9 Å². The zero-order valence-electron chi connectivity index (χ0n) is 15.0. The molecular formula is C18H19Cl2NO6. The van der Waals surface area contributed by atoms with Crippen LogP contribution in [0.2, 0.25) is 10.0 Å². The van der Waals surface area contributed by atoms with Gasteiger partial charge in [-0.05, 0) is 25.5 Å². The first-order chi connectivity index (χ1) is 12.8. The number of esters is 1. The van der Waals surface area contributed by atoms with Crippen molar-refractivity contribution in [3.05, 3.63) is 56.5 Å². The Morgan fingerprint density at radius 3 is 2.56 bits per heavy atom. The third kappa shape index (κ3) is 4.55. The molecule has 2 N–H and O–H groups in total. The van der Waals surface area contributed by atoms with Gasteiger partial charge in [0.15, 0.2) is 0 Å². The molecule has 0 aliphatic carbocycles. The summed E-state index contributed by atoms with van der Waals surface area (Å²) < 4.78 is 15.0. The Labute approximate surface area is 166 Å². The highest BCUT2D eigenvalue weighted by atomic mass is 35.5. The standard InChI is InChI=1S/C18H19Cl2NO6/c1-9-13(17(23)26-8-7-22)14(11-5-4-6-12(19)15(11)20)16(10(2)21-9)27-18(24)25-3/h4-6,14,21-22H,7-8H2,1-3H3. The maximum atomic E-state index is 12.7. The molecule has 1 heterocycles. The molecule has 27 heavy (non-hydrogen) atoms. The number of dihydropyridines is 1. The highest BCUT2D eigenvalue weighted by Gasteiger charge is 2.38. The minimum absolute atomic E-state index is 0.132. The molecule has 7 nitrogen and oxygen atoms in total. The topological polar surface area (TPSA) is 94.1 Å². The fourth-order valence-electron chi connectivity index (χ4n) is 2.77. The lowest BCUT2D eigenvalue weighted by molar-refractivity contribution is -0.140. The second kappa shape index (κ2) is 9.12. The van der Waals surface area contributed by atoms with Crippen molar-refractivity contribution in [2.75, 3.05) is 20.3 Å². The minimum Gasteiger partial charge on any atom is -0.460 e. The molecule has 0 spiro atoms. The number of carbonyl (C=O) groups excluding carboxylic acids is 2. The van der Waals surface area contributed by atoms with E-state index >= 15 is 0 Å². The second-order valence-corrected chi connectivity index (χ2v) is 6.43. The molecular weight excluding hydrogens is 397 g/mol. The van der Waals surface area contributed by atoms with Crippen LogP contribution in [0.5, 0.6) is 0 Å². The van der Waals surface area contributed by atoms with Gasteiger partial charge in [-0.2, -0.15) is 0 Å². The Kier molecular flexibility index (Phi) is 7.12. The molecule has 9 heteroatoms. The van der Waals surface area contributed by atoms with E-state index in [0.29, 0.717) is 17.0 Å². The van der Waals surface area contributed by atoms with E-state index in [1.165, 1.54) is 7.11 Å². The van der Waals surface area contributed by atoms with Crippen molar-refractivity contribution in [2.45, 2.75) is 19.8 Å². The summed E-state index contributed by atoms with van der Waals surface area (Å²) in [4.78, 5) is 24.4. The SMILES string of the molecule is COC(=O)OC1=C(C)NC(C)=C(C(=O)OCCO)C1c1cccc(Cl)c1Cl. The summed E-state index contributed by atoms with van der Waals surface area (Å²) in [5.41, 5.74) is 1.63. The Balaban J connectivity index is 2.63. The number of carbonyl (C=O) groups is 2. The van der Waals surface area contributed by atoms with Crippen LogP contribution in [0.4, 0.5) is 4.79 Å². The third-order valence-corrected chi connectivity index (χ3v) is 4.73. The molecule has 0 bridgehead atoms. The van der Waals surface area contributed by atoms with Crippen LogP contribution >= 0.6 is 23.2 Å². The van der Waals surface area contributed by atoms with E-state index in [1.54, 1.807) is 32.0 Å². The number of aliphatic hydroxyl groups is 1. The van der Waals surface area contributed by atoms with Crippen LogP contribution < -0.4 is 5.32 Å². The predicted molar refractivity (Wildman–Crippen MR) is 99.3 cm³/mol. The number of halogens is 2. The first kappa shape index (κ1) is 21.1. The van der Waals surface area contributed by atoms with Crippen LogP contribution in [-0.2, 0) is 19.0 Å². The molecule has 2 rings (SSSR count). The van der Waals surface area contributed by atoms with Gasteiger partial charge in [0, 0.05) is 5.70 Å². The number of rotatable bonds is 5. The molecule has 1 aliphatic heterocycles. The molecule has 1 aromatic carbocycles. The van der Waals surface area contributed by atoms with E-state index < -0.39 is 18.0 Å². The Bertz CT molecular complexity index is 818. The first-order valence-corrected chi connectivity index (χ1v) is 8.73. The number of ether oxygens (including phenoxy) is 3. The van der Waals surface area contributed by atoms with Crippen molar-refractivity contribution in [1.82, 2.24) is 5.32 Å². The van der Waals surface area contributed by atoms with Gasteiger partial charge in [-0.15, -0.1) is 0 Å². The number of aliphatic hydroxyl groups excluding tert-OH is 1. The fraction of sp³-hybridized carbons (Fsp3) is 0.333. The quantitative estimate of drug-likeness (QED) is 0.710. The van der Waals surface area contributed by atoms with Crippen molar-refractivity contribution in [3.8, 4) is 0 Å². The predicted octanol–water partition coefficient (Wildman–Crippen LogP) is 3.50. The molecule has 0 saturated carbocycles. The first-order valence-electron chi connectivity index (χ1n) is 7.98. The second-order valence-electron chi connectivity index (χ2n) is 5.64. The molecule has 0 aromatic heterocycles. The summed E-state index contributed by atoms with van der Waals surface area (Å²) in [5.74, 6) is -1.41. The molecule has 1 aromatic rings. The lowest BCUT2D eigenvalue weighted by Crippen LogP contribution is -2.31. The molecule has 146 valence electrons. The van der Waals surface area contributed by atoms with Crippen molar-refractivity contribution >= 4 is 35.3 Å². The maximum Gasteiger partial charge on any atom is 0.513 e. The lowest BCUT2D eigenvalue weighted by Gasteiger charge is -2.30. The number of hydrogen-bond acceptors (Lipinski definition) is 7. The van der Waals surface area contributed by atoms with Gasteiger partial charge < -0.3 is 24.6 Å². The molecule has 0 fully saturated rings. The molecule has 1 atom stereocenters. The zero-order chi connectivity index (χ0) is 20.1. The largest absolute Gasteiger partial charge is 0.513 e. The molecule has 1 unspecified atom stereocenters. The van der Waals surface area contributed by atoms with Gasteiger partial charge in [0.25, 0.3) is 0 Å². The van der Waals surface area contributed by atoms with E-state index in [1.807, 2.05) is 0 Å². The number of nitrogens with one attached hydrogen (secondary N) is 1. The smallest absolute Gasteiger partial charge is 0.460 e. The van der Waals surface area contributed by atoms with E-state index in [9.17, 15) is 9.59 Å². The number of benzene rings is 1. The van der Waals surface area contributed by atoms with Crippen molar-refractivity contribution < 1.29 is 28.9 Å². The van der Waals surface area contributed by atoms with Crippen LogP contribution in [0.25, 0.3) is 0 Å². The van der Waals surface area contributed by atoms with Gasteiger partial charge in [0.1, 0.15) is 12.4 Å². The Morgan fingerprint density at radius 2 is 1.93 bits per heavy atom. The van der Waals surface area contributed by atoms with E-state index in [4.69, 9.17) is 37.8 Å². The highest BCUT2D eigenvalue weighted by Crippen LogP contribution is 2.43. The third-order valence-electron chi connectivity index (χ3n) is 3.90. The Morgan fingerprint density at radius 1 is 1.22 bits per heavy atom. The number of hydrogen-bond donors (Lipinski definition) is 2. The monoisotopic (exact) mass is 415 g/mol. The van der Waals surface area contributed by atoms with Gasteiger partial charge in [-0.1, -0.05) is 35.3 Å². The summed E-state index contributed by atoms with van der Waals surface area (Å²) in [6.45, 7) is 2.86. The summed E-state index contributed by atoms with van der Waals surface area (Å²) in [7, 11) is 1.17. The van der Waals surface area contributed by atoms with Crippen LogP contribution in [0, 0.1) is 0 Å².